The van der Waals surface area contributed by atoms with Crippen molar-refractivity contribution in [2.45, 2.75) is 38.1 Å². The number of aryl methyl sites for hydroxylation is 1. The van der Waals surface area contributed by atoms with Crippen LogP contribution in [0.25, 0.3) is 0 Å². The number of nitrogens with two attached hydrogens (primary N) is 1. The summed E-state index contributed by atoms with van der Waals surface area (Å²) in [5.41, 5.74) is 7.50. The lowest BCUT2D eigenvalue weighted by Crippen LogP contribution is -2.47. The van der Waals surface area contributed by atoms with Gasteiger partial charge in [-0.1, -0.05) is 11.3 Å². The Morgan fingerprint density at radius 3 is 2.65 bits per heavy atom. The van der Waals surface area contributed by atoms with Crippen molar-refractivity contribution in [1.82, 2.24) is 9.88 Å². The van der Waals surface area contributed by atoms with Crippen LogP contribution in [0.5, 0.6) is 0 Å². The van der Waals surface area contributed by atoms with Crippen LogP contribution in [0.2, 0.25) is 0 Å². The van der Waals surface area contributed by atoms with Crippen LogP contribution in [0.15, 0.2) is 0 Å². The predicted octanol–water partition coefficient (Wildman–Crippen LogP) is 2.01. The molecule has 2 N–H and O–H groups in total. The van der Waals surface area contributed by atoms with E-state index in [2.05, 4.69) is 9.80 Å². The van der Waals surface area contributed by atoms with Crippen LogP contribution in [0.3, 0.4) is 0 Å². The Labute approximate surface area is 125 Å². The van der Waals surface area contributed by atoms with E-state index < -0.39 is 0 Å². The van der Waals surface area contributed by atoms with Gasteiger partial charge in [-0.15, -0.1) is 0 Å². The van der Waals surface area contributed by atoms with Crippen LogP contribution in [0.1, 0.15) is 42.3 Å². The topological polar surface area (TPSA) is 45.4 Å². The minimum Gasteiger partial charge on any atom is -0.346 e. The molecule has 20 heavy (non-hydrogen) atoms. The molecule has 2 fully saturated rings. The SMILES string of the molecule is NC1CCCc2nc(N3CCN(CC4CC4)CC3)sc21. The van der Waals surface area contributed by atoms with Crippen LogP contribution >= 0.6 is 11.3 Å². The molecule has 1 aliphatic heterocycles. The Morgan fingerprint density at radius 1 is 1.15 bits per heavy atom. The van der Waals surface area contributed by atoms with Gasteiger partial charge in [0.25, 0.3) is 0 Å². The van der Waals surface area contributed by atoms with Crippen molar-refractivity contribution in [3.63, 3.8) is 0 Å². The van der Waals surface area contributed by atoms with Gasteiger partial charge in [-0.05, 0) is 38.0 Å². The number of hydrogen-bond acceptors (Lipinski definition) is 5. The molecule has 0 spiro atoms. The van der Waals surface area contributed by atoms with Crippen LogP contribution in [0, 0.1) is 5.92 Å². The number of thiazole rings is 1. The molecule has 1 aromatic heterocycles. The molecule has 1 aromatic rings. The van der Waals surface area contributed by atoms with Gasteiger partial charge in [-0.3, -0.25) is 4.90 Å². The smallest absolute Gasteiger partial charge is 0.185 e. The lowest BCUT2D eigenvalue weighted by molar-refractivity contribution is 0.248. The number of aromatic nitrogens is 1. The number of hydrogen-bond donors (Lipinski definition) is 1. The zero-order chi connectivity index (χ0) is 13.5. The first-order chi connectivity index (χ1) is 9.79. The molecular formula is C15H24N4S. The van der Waals surface area contributed by atoms with Gasteiger partial charge < -0.3 is 10.6 Å². The summed E-state index contributed by atoms with van der Waals surface area (Å²) in [5, 5.41) is 1.22. The van der Waals surface area contributed by atoms with Gasteiger partial charge in [0.1, 0.15) is 0 Å². The first-order valence-corrected chi connectivity index (χ1v) is 8.84. The van der Waals surface area contributed by atoms with Crippen molar-refractivity contribution < 1.29 is 0 Å². The summed E-state index contributed by atoms with van der Waals surface area (Å²) in [6.45, 7) is 6.00. The minimum atomic E-state index is 0.237. The Hall–Kier alpha value is -0.650. The van der Waals surface area contributed by atoms with Crippen LogP contribution in [-0.4, -0.2) is 42.6 Å². The van der Waals surface area contributed by atoms with E-state index >= 15 is 0 Å². The van der Waals surface area contributed by atoms with Crippen LogP contribution in [0.4, 0.5) is 5.13 Å². The second-order valence-electron chi connectivity index (χ2n) is 6.54. The van der Waals surface area contributed by atoms with Crippen molar-refractivity contribution in [3.8, 4) is 0 Å². The summed E-state index contributed by atoms with van der Waals surface area (Å²) in [4.78, 5) is 11.3. The van der Waals surface area contributed by atoms with Crippen LogP contribution < -0.4 is 10.6 Å². The first kappa shape index (κ1) is 13.0. The van der Waals surface area contributed by atoms with E-state index in [1.54, 1.807) is 0 Å². The Kier molecular flexibility index (Phi) is 3.44. The lowest BCUT2D eigenvalue weighted by Gasteiger charge is -2.34. The summed E-state index contributed by atoms with van der Waals surface area (Å²) in [5.74, 6) is 1.01. The van der Waals surface area contributed by atoms with E-state index in [0.29, 0.717) is 0 Å². The highest BCUT2D eigenvalue weighted by Crippen LogP contribution is 2.36. The Bertz CT molecular complexity index is 474. The second kappa shape index (κ2) is 5.28. The van der Waals surface area contributed by atoms with Crippen molar-refractivity contribution >= 4 is 16.5 Å². The van der Waals surface area contributed by atoms with Gasteiger partial charge in [0.2, 0.25) is 0 Å². The maximum atomic E-state index is 6.22. The first-order valence-electron chi connectivity index (χ1n) is 8.02. The molecule has 0 bridgehead atoms. The van der Waals surface area contributed by atoms with Crippen molar-refractivity contribution in [1.29, 1.82) is 0 Å². The molecule has 2 aliphatic carbocycles. The third kappa shape index (κ3) is 2.59. The summed E-state index contributed by atoms with van der Waals surface area (Å²) in [6, 6.07) is 0.237. The predicted molar refractivity (Wildman–Crippen MR) is 83.4 cm³/mol. The van der Waals surface area contributed by atoms with E-state index in [0.717, 1.165) is 31.8 Å². The molecule has 110 valence electrons. The van der Waals surface area contributed by atoms with Gasteiger partial charge in [-0.2, -0.15) is 0 Å². The number of piperazine rings is 1. The fourth-order valence-corrected chi connectivity index (χ4v) is 4.56. The van der Waals surface area contributed by atoms with Crippen molar-refractivity contribution in [2.75, 3.05) is 37.6 Å². The molecule has 4 nitrogen and oxygen atoms in total. The van der Waals surface area contributed by atoms with Gasteiger partial charge in [-0.25, -0.2) is 4.98 Å². The fourth-order valence-electron chi connectivity index (χ4n) is 3.36. The summed E-state index contributed by atoms with van der Waals surface area (Å²) >= 11 is 1.85. The Balaban J connectivity index is 1.41. The highest BCUT2D eigenvalue weighted by Gasteiger charge is 2.28. The maximum Gasteiger partial charge on any atom is 0.185 e. The number of anilines is 1. The van der Waals surface area contributed by atoms with Gasteiger partial charge in [0.15, 0.2) is 5.13 Å². The fraction of sp³-hybridized carbons (Fsp3) is 0.800. The van der Waals surface area contributed by atoms with Gasteiger partial charge in [0, 0.05) is 43.6 Å². The normalized spacial score (nSPS) is 27.6. The standard InChI is InChI=1S/C15H24N4S/c16-12-2-1-3-13-14(12)20-15(17-13)19-8-6-18(7-9-19)10-11-4-5-11/h11-12H,1-10,16H2. The van der Waals surface area contributed by atoms with E-state index in [1.165, 1.54) is 54.6 Å². The summed E-state index contributed by atoms with van der Waals surface area (Å²) < 4.78 is 0. The van der Waals surface area contributed by atoms with E-state index in [1.807, 2.05) is 11.3 Å². The molecule has 0 amide bonds. The average Bonchev–Trinajstić information content (AvgIpc) is 3.16. The zero-order valence-corrected chi connectivity index (χ0v) is 12.9. The minimum absolute atomic E-state index is 0.237. The molecule has 1 saturated heterocycles. The van der Waals surface area contributed by atoms with E-state index in [-0.39, 0.29) is 6.04 Å². The molecular weight excluding hydrogens is 268 g/mol. The molecule has 1 unspecified atom stereocenters. The average molecular weight is 292 g/mol. The van der Waals surface area contributed by atoms with Crippen molar-refractivity contribution in [2.24, 2.45) is 11.7 Å². The maximum absolute atomic E-state index is 6.22. The molecule has 0 radical (unpaired) electrons. The largest absolute Gasteiger partial charge is 0.346 e. The molecule has 2 heterocycles. The lowest BCUT2D eigenvalue weighted by atomic mass is 9.99. The number of fused-ring (bicyclic) bond motifs is 1. The van der Waals surface area contributed by atoms with E-state index in [9.17, 15) is 0 Å². The number of rotatable bonds is 3. The molecule has 1 saturated carbocycles. The highest BCUT2D eigenvalue weighted by atomic mass is 32.1. The highest BCUT2D eigenvalue weighted by molar-refractivity contribution is 7.15. The Morgan fingerprint density at radius 2 is 1.95 bits per heavy atom. The zero-order valence-electron chi connectivity index (χ0n) is 12.1. The van der Waals surface area contributed by atoms with E-state index in [4.69, 9.17) is 10.7 Å². The molecule has 5 heteroatoms. The number of nitrogens with zero attached hydrogens (tertiary/aromatic N) is 3. The monoisotopic (exact) mass is 292 g/mol. The quantitative estimate of drug-likeness (QED) is 0.926. The third-order valence-corrected chi connectivity index (χ3v) is 6.13. The molecule has 4 rings (SSSR count). The van der Waals surface area contributed by atoms with Gasteiger partial charge in [0.05, 0.1) is 5.69 Å². The molecule has 0 aromatic carbocycles. The third-order valence-electron chi connectivity index (χ3n) is 4.84. The second-order valence-corrected chi connectivity index (χ2v) is 7.55. The summed E-state index contributed by atoms with van der Waals surface area (Å²) in [6.07, 6.45) is 6.37. The summed E-state index contributed by atoms with van der Waals surface area (Å²) in [7, 11) is 0. The molecule has 1 atom stereocenters. The molecule has 3 aliphatic rings. The van der Waals surface area contributed by atoms with Crippen molar-refractivity contribution in [3.05, 3.63) is 10.6 Å². The van der Waals surface area contributed by atoms with Gasteiger partial charge >= 0.3 is 0 Å². The van der Waals surface area contributed by atoms with Crippen LogP contribution in [-0.2, 0) is 6.42 Å².